The lowest BCUT2D eigenvalue weighted by molar-refractivity contribution is 0.182. The fraction of sp³-hybridized carbons (Fsp3) is 0.429. The van der Waals surface area contributed by atoms with Crippen molar-refractivity contribution in [2.75, 3.05) is 13.1 Å². The first kappa shape index (κ1) is 11.9. The van der Waals surface area contributed by atoms with Crippen LogP contribution >= 0.6 is 0 Å². The molecule has 0 saturated carbocycles. The van der Waals surface area contributed by atoms with E-state index < -0.39 is 6.10 Å². The van der Waals surface area contributed by atoms with Crippen LogP contribution in [0, 0.1) is 0 Å². The average Bonchev–Trinajstić information content (AvgIpc) is 3.15. The fourth-order valence-electron chi connectivity index (χ4n) is 3.13. The van der Waals surface area contributed by atoms with Crippen molar-refractivity contribution in [3.63, 3.8) is 0 Å². The number of H-pyrrole nitrogens is 1. The lowest BCUT2D eigenvalue weighted by Crippen LogP contribution is -2.17. The molecule has 0 amide bonds. The Kier molecular flexibility index (Phi) is 2.55. The minimum atomic E-state index is -0.586. The third-order valence-electron chi connectivity index (χ3n) is 4.03. The highest BCUT2D eigenvalue weighted by Gasteiger charge is 2.25. The molecule has 3 aromatic rings. The second-order valence-electron chi connectivity index (χ2n) is 5.39. The molecule has 0 spiro atoms. The number of nitrogens with zero attached hydrogens (tertiary/aromatic N) is 3. The normalized spacial score (nSPS) is 21.0. The van der Waals surface area contributed by atoms with Crippen LogP contribution in [0.25, 0.3) is 22.1 Å². The molecule has 2 atom stereocenters. The van der Waals surface area contributed by atoms with Crippen LogP contribution in [0.15, 0.2) is 18.5 Å². The zero-order valence-electron chi connectivity index (χ0n) is 11.3. The second-order valence-corrected chi connectivity index (χ2v) is 5.39. The van der Waals surface area contributed by atoms with Crippen molar-refractivity contribution < 1.29 is 5.11 Å². The topological polar surface area (TPSA) is 78.8 Å². The van der Waals surface area contributed by atoms with Gasteiger partial charge >= 0.3 is 0 Å². The van der Waals surface area contributed by atoms with E-state index in [2.05, 4.69) is 24.8 Å². The van der Waals surface area contributed by atoms with E-state index in [1.807, 2.05) is 12.3 Å². The van der Waals surface area contributed by atoms with Gasteiger partial charge in [0.25, 0.3) is 0 Å². The van der Waals surface area contributed by atoms with Crippen molar-refractivity contribution >= 4 is 22.1 Å². The van der Waals surface area contributed by atoms with Crippen LogP contribution in [-0.2, 0) is 0 Å². The van der Waals surface area contributed by atoms with Crippen molar-refractivity contribution in [2.24, 2.45) is 0 Å². The molecule has 0 bridgehead atoms. The molecule has 20 heavy (non-hydrogen) atoms. The minimum absolute atomic E-state index is 0.338. The monoisotopic (exact) mass is 271 g/mol. The Morgan fingerprint density at radius 2 is 2.40 bits per heavy atom. The maximum atomic E-state index is 10.1. The van der Waals surface area contributed by atoms with Crippen LogP contribution in [0.2, 0.25) is 0 Å². The van der Waals surface area contributed by atoms with Gasteiger partial charge in [-0.1, -0.05) is 0 Å². The van der Waals surface area contributed by atoms with Crippen molar-refractivity contribution in [2.45, 2.75) is 25.5 Å². The van der Waals surface area contributed by atoms with E-state index in [0.717, 1.165) is 47.4 Å². The maximum absolute atomic E-state index is 10.1. The summed E-state index contributed by atoms with van der Waals surface area (Å²) in [5.41, 5.74) is 2.78. The Bertz CT molecular complexity index is 766. The Labute approximate surface area is 115 Å². The molecule has 0 radical (unpaired) electrons. The van der Waals surface area contributed by atoms with Gasteiger partial charge < -0.3 is 20.0 Å². The molecule has 1 aliphatic rings. The molecule has 6 heteroatoms. The molecule has 6 nitrogen and oxygen atoms in total. The third kappa shape index (κ3) is 1.58. The molecule has 1 fully saturated rings. The van der Waals surface area contributed by atoms with Crippen molar-refractivity contribution in [1.29, 1.82) is 0 Å². The van der Waals surface area contributed by atoms with Gasteiger partial charge in [-0.15, -0.1) is 0 Å². The zero-order valence-corrected chi connectivity index (χ0v) is 11.3. The Morgan fingerprint density at radius 1 is 1.50 bits per heavy atom. The molecule has 3 N–H and O–H groups in total. The van der Waals surface area contributed by atoms with Gasteiger partial charge in [0.05, 0.1) is 11.7 Å². The molecule has 2 unspecified atom stereocenters. The van der Waals surface area contributed by atoms with E-state index in [0.29, 0.717) is 6.04 Å². The third-order valence-corrected chi connectivity index (χ3v) is 4.03. The summed E-state index contributed by atoms with van der Waals surface area (Å²) in [6.45, 7) is 3.69. The van der Waals surface area contributed by atoms with Gasteiger partial charge in [0, 0.05) is 24.2 Å². The standard InChI is InChI=1S/C14H17N5O/c1-8(20)14-18-11-7-17-13-10(3-5-16-13)12(11)19(14)9-2-4-15-6-9/h3,5,7-9,15,20H,2,4,6H2,1H3,(H,16,17). The number of pyridine rings is 1. The van der Waals surface area contributed by atoms with Gasteiger partial charge in [0.2, 0.25) is 0 Å². The molecule has 1 saturated heterocycles. The number of hydrogen-bond acceptors (Lipinski definition) is 4. The van der Waals surface area contributed by atoms with Crippen LogP contribution in [-0.4, -0.2) is 37.7 Å². The van der Waals surface area contributed by atoms with E-state index in [1.165, 1.54) is 0 Å². The Balaban J connectivity index is 2.08. The predicted octanol–water partition coefficient (Wildman–Crippen LogP) is 1.50. The van der Waals surface area contributed by atoms with Crippen LogP contribution < -0.4 is 5.32 Å². The zero-order chi connectivity index (χ0) is 13.7. The molecule has 4 heterocycles. The summed E-state index contributed by atoms with van der Waals surface area (Å²) in [6.07, 6.45) is 4.14. The Hall–Kier alpha value is -1.92. The van der Waals surface area contributed by atoms with E-state index in [-0.39, 0.29) is 0 Å². The molecule has 0 aliphatic carbocycles. The number of aromatic amines is 1. The lowest BCUT2D eigenvalue weighted by Gasteiger charge is -2.17. The molecule has 1 aliphatic heterocycles. The number of hydrogen-bond donors (Lipinski definition) is 3. The quantitative estimate of drug-likeness (QED) is 0.660. The Morgan fingerprint density at radius 3 is 3.15 bits per heavy atom. The van der Waals surface area contributed by atoms with Gasteiger partial charge in [0.15, 0.2) is 0 Å². The molecule has 4 rings (SSSR count). The average molecular weight is 271 g/mol. The lowest BCUT2D eigenvalue weighted by atomic mass is 10.2. The maximum Gasteiger partial charge on any atom is 0.139 e. The van der Waals surface area contributed by atoms with Crippen molar-refractivity contribution in [3.05, 3.63) is 24.3 Å². The highest BCUT2D eigenvalue weighted by atomic mass is 16.3. The number of rotatable bonds is 2. The van der Waals surface area contributed by atoms with Gasteiger partial charge in [-0.25, -0.2) is 9.97 Å². The van der Waals surface area contributed by atoms with Crippen LogP contribution in [0.1, 0.15) is 31.3 Å². The minimum Gasteiger partial charge on any atom is -0.385 e. The molecule has 3 aromatic heterocycles. The van der Waals surface area contributed by atoms with E-state index in [1.54, 1.807) is 13.1 Å². The van der Waals surface area contributed by atoms with E-state index >= 15 is 0 Å². The molecule has 0 aromatic carbocycles. The first-order valence-corrected chi connectivity index (χ1v) is 6.98. The number of fused-ring (bicyclic) bond motifs is 3. The number of aliphatic hydroxyl groups excluding tert-OH is 1. The first-order valence-electron chi connectivity index (χ1n) is 6.98. The highest BCUT2D eigenvalue weighted by molar-refractivity contribution is 6.01. The van der Waals surface area contributed by atoms with Crippen molar-refractivity contribution in [1.82, 2.24) is 24.8 Å². The summed E-state index contributed by atoms with van der Waals surface area (Å²) >= 11 is 0. The highest BCUT2D eigenvalue weighted by Crippen LogP contribution is 2.31. The van der Waals surface area contributed by atoms with Gasteiger partial charge in [-0.05, 0) is 26.0 Å². The summed E-state index contributed by atoms with van der Waals surface area (Å²) in [6, 6.07) is 2.36. The van der Waals surface area contributed by atoms with Gasteiger partial charge in [0.1, 0.15) is 23.1 Å². The van der Waals surface area contributed by atoms with E-state index in [4.69, 9.17) is 0 Å². The molecule has 104 valence electrons. The largest absolute Gasteiger partial charge is 0.385 e. The number of nitrogens with one attached hydrogen (secondary N) is 2. The van der Waals surface area contributed by atoms with E-state index in [9.17, 15) is 5.11 Å². The second kappa shape index (κ2) is 4.29. The summed E-state index contributed by atoms with van der Waals surface area (Å²) in [5, 5.41) is 14.5. The molecular formula is C14H17N5O. The van der Waals surface area contributed by atoms with Crippen LogP contribution in [0.4, 0.5) is 0 Å². The van der Waals surface area contributed by atoms with Gasteiger partial charge in [-0.3, -0.25) is 0 Å². The number of aliphatic hydroxyl groups is 1. The first-order chi connectivity index (χ1) is 9.75. The summed E-state index contributed by atoms with van der Waals surface area (Å²) in [7, 11) is 0. The smallest absolute Gasteiger partial charge is 0.139 e. The SMILES string of the molecule is CC(O)c1nc2cnc3[nH]ccc3c2n1C1CCNC1. The fourth-order valence-corrected chi connectivity index (χ4v) is 3.13. The summed E-state index contributed by atoms with van der Waals surface area (Å²) in [5.74, 6) is 0.726. The van der Waals surface area contributed by atoms with Crippen LogP contribution in [0.3, 0.4) is 0 Å². The number of imidazole rings is 1. The van der Waals surface area contributed by atoms with Gasteiger partial charge in [-0.2, -0.15) is 0 Å². The number of aromatic nitrogens is 4. The summed E-state index contributed by atoms with van der Waals surface area (Å²) < 4.78 is 2.19. The van der Waals surface area contributed by atoms with Crippen LogP contribution in [0.5, 0.6) is 0 Å². The predicted molar refractivity (Wildman–Crippen MR) is 76.5 cm³/mol. The molecular weight excluding hydrogens is 254 g/mol. The van der Waals surface area contributed by atoms with Crippen molar-refractivity contribution in [3.8, 4) is 0 Å². The summed E-state index contributed by atoms with van der Waals surface area (Å²) in [4.78, 5) is 12.1.